The van der Waals surface area contributed by atoms with E-state index in [2.05, 4.69) is 23.7 Å². The molecule has 4 nitrogen and oxygen atoms in total. The van der Waals surface area contributed by atoms with Crippen molar-refractivity contribution in [3.63, 3.8) is 0 Å². The molecule has 0 radical (unpaired) electrons. The van der Waals surface area contributed by atoms with Crippen LogP contribution >= 0.6 is 13.5 Å². The van der Waals surface area contributed by atoms with Crippen molar-refractivity contribution in [3.8, 4) is 23.7 Å². The molecule has 0 fully saturated rings. The predicted octanol–water partition coefficient (Wildman–Crippen LogP) is 2.35. The van der Waals surface area contributed by atoms with Crippen molar-refractivity contribution >= 4 is 25.4 Å². The molecule has 0 aromatic heterocycles. The van der Waals surface area contributed by atoms with Gasteiger partial charge in [0.2, 0.25) is 0 Å². The van der Waals surface area contributed by atoms with Gasteiger partial charge in [-0.15, -0.1) is 23.7 Å². The summed E-state index contributed by atoms with van der Waals surface area (Å²) in [6, 6.07) is 0. The molecule has 5 heteroatoms. The lowest BCUT2D eigenvalue weighted by Gasteiger charge is -1.96. The Balaban J connectivity index is -0.000000256. The van der Waals surface area contributed by atoms with Crippen LogP contribution in [0.2, 0.25) is 0 Å². The van der Waals surface area contributed by atoms with Gasteiger partial charge < -0.3 is 10.2 Å². The standard InChI is InChI=1S/2C7H10O2.H2S/c2*1-3-4-5-6(2)7(8)9;/h2*6H,5H2,1-2H3,(H,8,9);1H2/t6-;;/m0../s1. The van der Waals surface area contributed by atoms with E-state index < -0.39 is 11.9 Å². The fourth-order valence-corrected chi connectivity index (χ4v) is 0.685. The molecular formula is C14H22O4S. The van der Waals surface area contributed by atoms with E-state index in [9.17, 15) is 9.59 Å². The number of carboxylic acid groups (broad SMARTS) is 2. The van der Waals surface area contributed by atoms with Crippen molar-refractivity contribution in [3.05, 3.63) is 0 Å². The lowest BCUT2D eigenvalue weighted by Crippen LogP contribution is -2.07. The van der Waals surface area contributed by atoms with E-state index in [4.69, 9.17) is 10.2 Å². The third kappa shape index (κ3) is 16.4. The molecule has 0 aliphatic rings. The van der Waals surface area contributed by atoms with E-state index >= 15 is 0 Å². The smallest absolute Gasteiger partial charge is 0.307 e. The zero-order chi connectivity index (χ0) is 14.6. The normalized spacial score (nSPS) is 10.7. The van der Waals surface area contributed by atoms with Gasteiger partial charge in [0, 0.05) is 12.8 Å². The van der Waals surface area contributed by atoms with E-state index in [-0.39, 0.29) is 25.3 Å². The number of rotatable bonds is 4. The molecule has 0 heterocycles. The minimum atomic E-state index is -0.780. The maximum absolute atomic E-state index is 10.1. The highest BCUT2D eigenvalue weighted by Crippen LogP contribution is 1.99. The molecule has 0 aromatic carbocycles. The average molecular weight is 286 g/mol. The summed E-state index contributed by atoms with van der Waals surface area (Å²) in [5.41, 5.74) is 0. The van der Waals surface area contributed by atoms with Crippen LogP contribution in [0.3, 0.4) is 0 Å². The van der Waals surface area contributed by atoms with Crippen LogP contribution in [0.25, 0.3) is 0 Å². The molecule has 1 unspecified atom stereocenters. The fourth-order valence-electron chi connectivity index (χ4n) is 0.685. The molecule has 0 spiro atoms. The van der Waals surface area contributed by atoms with E-state index in [1.54, 1.807) is 27.7 Å². The predicted molar refractivity (Wildman–Crippen MR) is 80.1 cm³/mol. The van der Waals surface area contributed by atoms with Gasteiger partial charge in [0.15, 0.2) is 0 Å². The number of carboxylic acids is 2. The van der Waals surface area contributed by atoms with Gasteiger partial charge in [-0.1, -0.05) is 13.8 Å². The fraction of sp³-hybridized carbons (Fsp3) is 0.571. The third-order valence-electron chi connectivity index (χ3n) is 2.01. The Labute approximate surface area is 122 Å². The molecule has 108 valence electrons. The van der Waals surface area contributed by atoms with Gasteiger partial charge in [0.25, 0.3) is 0 Å². The van der Waals surface area contributed by atoms with E-state index in [0.29, 0.717) is 12.8 Å². The minimum Gasteiger partial charge on any atom is -0.481 e. The average Bonchev–Trinajstić information content (AvgIpc) is 2.33. The van der Waals surface area contributed by atoms with Gasteiger partial charge in [-0.3, -0.25) is 9.59 Å². The molecule has 0 saturated heterocycles. The van der Waals surface area contributed by atoms with Crippen LogP contribution in [0.1, 0.15) is 40.5 Å². The van der Waals surface area contributed by atoms with E-state index in [1.165, 1.54) is 0 Å². The van der Waals surface area contributed by atoms with Crippen molar-refractivity contribution < 1.29 is 19.8 Å². The summed E-state index contributed by atoms with van der Waals surface area (Å²) in [5.74, 6) is 8.45. The van der Waals surface area contributed by atoms with Gasteiger partial charge >= 0.3 is 11.9 Å². The van der Waals surface area contributed by atoms with Crippen molar-refractivity contribution in [2.45, 2.75) is 40.5 Å². The summed E-state index contributed by atoms with van der Waals surface area (Å²) >= 11 is 0. The van der Waals surface area contributed by atoms with Crippen LogP contribution in [-0.4, -0.2) is 22.2 Å². The largest absolute Gasteiger partial charge is 0.481 e. The molecular weight excluding hydrogens is 264 g/mol. The second-order valence-electron chi connectivity index (χ2n) is 3.74. The number of hydrogen-bond donors (Lipinski definition) is 2. The lowest BCUT2D eigenvalue weighted by molar-refractivity contribution is -0.141. The summed E-state index contributed by atoms with van der Waals surface area (Å²) in [6.07, 6.45) is 0.900. The first kappa shape index (κ1) is 22.6. The highest BCUT2D eigenvalue weighted by Gasteiger charge is 2.07. The summed E-state index contributed by atoms with van der Waals surface area (Å²) in [6.45, 7) is 6.70. The molecule has 0 aliphatic heterocycles. The monoisotopic (exact) mass is 286 g/mol. The highest BCUT2D eigenvalue weighted by atomic mass is 32.1. The van der Waals surface area contributed by atoms with Crippen molar-refractivity contribution in [2.75, 3.05) is 0 Å². The third-order valence-corrected chi connectivity index (χ3v) is 2.01. The number of aliphatic carboxylic acids is 2. The molecule has 0 aromatic rings. The Kier molecular flexibility index (Phi) is 17.2. The molecule has 19 heavy (non-hydrogen) atoms. The minimum absolute atomic E-state index is 0. The maximum Gasteiger partial charge on any atom is 0.307 e. The Morgan fingerprint density at radius 1 is 0.895 bits per heavy atom. The van der Waals surface area contributed by atoms with Gasteiger partial charge in [-0.2, -0.15) is 13.5 Å². The molecule has 2 N–H and O–H groups in total. The zero-order valence-electron chi connectivity index (χ0n) is 11.8. The second-order valence-corrected chi connectivity index (χ2v) is 3.74. The molecule has 0 saturated carbocycles. The SMILES string of the molecule is CC#CCC(C)C(=O)O.CC#CC[C@H](C)C(=O)O.S. The highest BCUT2D eigenvalue weighted by molar-refractivity contribution is 7.59. The second kappa shape index (κ2) is 14.5. The Morgan fingerprint density at radius 2 is 1.16 bits per heavy atom. The summed E-state index contributed by atoms with van der Waals surface area (Å²) in [5, 5.41) is 16.7. The Hall–Kier alpha value is -1.59. The van der Waals surface area contributed by atoms with Gasteiger partial charge in [-0.05, 0) is 13.8 Å². The van der Waals surface area contributed by atoms with Crippen molar-refractivity contribution in [1.82, 2.24) is 0 Å². The van der Waals surface area contributed by atoms with Crippen LogP contribution < -0.4 is 0 Å². The molecule has 0 rings (SSSR count). The van der Waals surface area contributed by atoms with E-state index in [0.717, 1.165) is 0 Å². The summed E-state index contributed by atoms with van der Waals surface area (Å²) in [7, 11) is 0. The topological polar surface area (TPSA) is 74.6 Å². The molecule has 0 amide bonds. The summed E-state index contributed by atoms with van der Waals surface area (Å²) in [4.78, 5) is 20.3. The Morgan fingerprint density at radius 3 is 1.32 bits per heavy atom. The lowest BCUT2D eigenvalue weighted by atomic mass is 10.1. The zero-order valence-corrected chi connectivity index (χ0v) is 12.8. The van der Waals surface area contributed by atoms with Gasteiger partial charge in [-0.25, -0.2) is 0 Å². The molecule has 0 bridgehead atoms. The van der Waals surface area contributed by atoms with Crippen LogP contribution in [-0.2, 0) is 9.59 Å². The molecule has 2 atom stereocenters. The van der Waals surface area contributed by atoms with Crippen LogP contribution in [0.4, 0.5) is 0 Å². The first-order valence-electron chi connectivity index (χ1n) is 5.61. The first-order valence-corrected chi connectivity index (χ1v) is 5.61. The van der Waals surface area contributed by atoms with Gasteiger partial charge in [0.1, 0.15) is 0 Å². The van der Waals surface area contributed by atoms with Crippen molar-refractivity contribution in [2.24, 2.45) is 11.8 Å². The van der Waals surface area contributed by atoms with Crippen LogP contribution in [0, 0.1) is 35.5 Å². The molecule has 0 aliphatic carbocycles. The van der Waals surface area contributed by atoms with Crippen molar-refractivity contribution in [1.29, 1.82) is 0 Å². The van der Waals surface area contributed by atoms with Crippen LogP contribution in [0.15, 0.2) is 0 Å². The van der Waals surface area contributed by atoms with E-state index in [1.807, 2.05) is 0 Å². The number of carbonyl (C=O) groups is 2. The maximum atomic E-state index is 10.1. The summed E-state index contributed by atoms with van der Waals surface area (Å²) < 4.78 is 0. The van der Waals surface area contributed by atoms with Gasteiger partial charge in [0.05, 0.1) is 11.8 Å². The Bertz CT molecular complexity index is 344. The number of hydrogen-bond acceptors (Lipinski definition) is 2. The first-order chi connectivity index (χ1) is 8.36. The quantitative estimate of drug-likeness (QED) is 0.778. The van der Waals surface area contributed by atoms with Crippen LogP contribution in [0.5, 0.6) is 0 Å².